The molecule has 158 valence electrons. The third-order valence-electron chi connectivity index (χ3n) is 4.83. The van der Waals surface area contributed by atoms with E-state index in [0.29, 0.717) is 12.6 Å². The van der Waals surface area contributed by atoms with E-state index < -0.39 is 0 Å². The lowest BCUT2D eigenvalue weighted by Crippen LogP contribution is -2.45. The lowest BCUT2D eigenvalue weighted by molar-refractivity contribution is 0.0957. The molecular formula is C21H30IN5OS. The van der Waals surface area contributed by atoms with Crippen LogP contribution in [0.1, 0.15) is 28.1 Å². The van der Waals surface area contributed by atoms with Crippen molar-refractivity contribution in [2.75, 3.05) is 38.1 Å². The molecule has 3 N–H and O–H groups in total. The topological polar surface area (TPSA) is 68.8 Å². The van der Waals surface area contributed by atoms with Crippen molar-refractivity contribution in [3.63, 3.8) is 0 Å². The Balaban J connectivity index is 0.00000300. The zero-order chi connectivity index (χ0) is 19.8. The van der Waals surface area contributed by atoms with Gasteiger partial charge < -0.3 is 20.9 Å². The normalized spacial score (nSPS) is 16.3. The molecule has 0 saturated carbocycles. The minimum absolute atomic E-state index is 0. The second-order valence-electron chi connectivity index (χ2n) is 7.00. The summed E-state index contributed by atoms with van der Waals surface area (Å²) in [7, 11) is 1.79. The number of hydrogen-bond acceptors (Lipinski definition) is 4. The third-order valence-corrected chi connectivity index (χ3v) is 5.70. The Hall–Kier alpha value is -1.81. The molecule has 29 heavy (non-hydrogen) atoms. The van der Waals surface area contributed by atoms with Crippen molar-refractivity contribution in [2.24, 2.45) is 4.99 Å². The third kappa shape index (κ3) is 7.18. The molecule has 0 radical (unpaired) electrons. The van der Waals surface area contributed by atoms with Gasteiger partial charge in [0, 0.05) is 45.0 Å². The molecule has 6 nitrogen and oxygen atoms in total. The predicted octanol–water partition coefficient (Wildman–Crippen LogP) is 3.24. The molecule has 2 aromatic rings. The highest BCUT2D eigenvalue weighted by Crippen LogP contribution is 2.20. The number of thiophene rings is 1. The lowest BCUT2D eigenvalue weighted by atomic mass is 10.2. The Morgan fingerprint density at radius 3 is 2.66 bits per heavy atom. The molecule has 3 rings (SSSR count). The van der Waals surface area contributed by atoms with Crippen molar-refractivity contribution in [1.82, 2.24) is 16.0 Å². The lowest BCUT2D eigenvalue weighted by Gasteiger charge is -2.20. The van der Waals surface area contributed by atoms with Gasteiger partial charge in [-0.3, -0.25) is 9.79 Å². The maximum Gasteiger partial charge on any atom is 0.261 e. The molecule has 1 aliphatic heterocycles. The summed E-state index contributed by atoms with van der Waals surface area (Å²) in [4.78, 5) is 19.4. The van der Waals surface area contributed by atoms with Gasteiger partial charge in [0.25, 0.3) is 5.91 Å². The highest BCUT2D eigenvalue weighted by molar-refractivity contribution is 14.0. The maximum atomic E-state index is 11.9. The number of nitrogens with zero attached hydrogens (tertiary/aromatic N) is 2. The van der Waals surface area contributed by atoms with Crippen LogP contribution in [-0.2, 0) is 0 Å². The van der Waals surface area contributed by atoms with E-state index in [1.165, 1.54) is 22.6 Å². The average molecular weight is 527 g/mol. The van der Waals surface area contributed by atoms with Crippen molar-refractivity contribution in [1.29, 1.82) is 0 Å². The molecule has 1 aromatic heterocycles. The largest absolute Gasteiger partial charge is 0.369 e. The van der Waals surface area contributed by atoms with Gasteiger partial charge in [0.15, 0.2) is 5.96 Å². The van der Waals surface area contributed by atoms with Crippen LogP contribution in [-0.4, -0.2) is 51.1 Å². The number of rotatable bonds is 7. The van der Waals surface area contributed by atoms with Gasteiger partial charge in [-0.1, -0.05) is 23.8 Å². The number of aryl methyl sites for hydroxylation is 1. The van der Waals surface area contributed by atoms with Crippen LogP contribution in [0.25, 0.3) is 0 Å². The maximum absolute atomic E-state index is 11.9. The molecule has 0 bridgehead atoms. The van der Waals surface area contributed by atoms with E-state index in [1.54, 1.807) is 7.05 Å². The quantitative estimate of drug-likeness (QED) is 0.224. The number of aliphatic imine (C=N–C) groups is 1. The monoisotopic (exact) mass is 527 g/mol. The zero-order valence-electron chi connectivity index (χ0n) is 17.0. The van der Waals surface area contributed by atoms with E-state index in [9.17, 15) is 4.79 Å². The fourth-order valence-corrected chi connectivity index (χ4v) is 3.89. The van der Waals surface area contributed by atoms with E-state index in [2.05, 4.69) is 57.0 Å². The molecule has 2 heterocycles. The average Bonchev–Trinajstić information content (AvgIpc) is 3.39. The molecule has 1 aliphatic rings. The van der Waals surface area contributed by atoms with Crippen LogP contribution in [0.5, 0.6) is 0 Å². The second kappa shape index (κ2) is 12.0. The van der Waals surface area contributed by atoms with Crippen LogP contribution in [0.15, 0.2) is 46.8 Å². The van der Waals surface area contributed by atoms with Gasteiger partial charge in [0.1, 0.15) is 0 Å². The van der Waals surface area contributed by atoms with Gasteiger partial charge in [-0.25, -0.2) is 0 Å². The summed E-state index contributed by atoms with van der Waals surface area (Å²) < 4.78 is 0. The van der Waals surface area contributed by atoms with Crippen LogP contribution in [0.2, 0.25) is 0 Å². The summed E-state index contributed by atoms with van der Waals surface area (Å²) in [5, 5.41) is 11.7. The number of carbonyl (C=O) groups is 1. The first-order chi connectivity index (χ1) is 13.7. The summed E-state index contributed by atoms with van der Waals surface area (Å²) in [5.74, 6) is 0.819. The van der Waals surface area contributed by atoms with E-state index in [0.717, 1.165) is 43.3 Å². The number of hydrogen-bond donors (Lipinski definition) is 3. The Morgan fingerprint density at radius 1 is 1.21 bits per heavy atom. The highest BCUT2D eigenvalue weighted by atomic mass is 127. The number of guanidine groups is 1. The Bertz CT molecular complexity index is 779. The van der Waals surface area contributed by atoms with Crippen molar-refractivity contribution in [2.45, 2.75) is 25.8 Å². The highest BCUT2D eigenvalue weighted by Gasteiger charge is 2.23. The van der Waals surface area contributed by atoms with Gasteiger partial charge in [0.2, 0.25) is 0 Å². The fraction of sp³-hybridized carbons (Fsp3) is 0.429. The van der Waals surface area contributed by atoms with E-state index in [4.69, 9.17) is 0 Å². The van der Waals surface area contributed by atoms with E-state index >= 15 is 0 Å². The number of anilines is 1. The van der Waals surface area contributed by atoms with Crippen LogP contribution in [0, 0.1) is 6.92 Å². The van der Waals surface area contributed by atoms with Crippen molar-refractivity contribution < 1.29 is 4.79 Å². The van der Waals surface area contributed by atoms with Gasteiger partial charge in [-0.2, -0.15) is 0 Å². The number of amides is 1. The van der Waals surface area contributed by atoms with E-state index in [-0.39, 0.29) is 29.9 Å². The molecule has 1 saturated heterocycles. The van der Waals surface area contributed by atoms with Crippen molar-refractivity contribution in [3.05, 3.63) is 52.2 Å². The van der Waals surface area contributed by atoms with Crippen LogP contribution >= 0.6 is 35.3 Å². The van der Waals surface area contributed by atoms with Crippen LogP contribution in [0.4, 0.5) is 5.69 Å². The molecule has 1 fully saturated rings. The van der Waals surface area contributed by atoms with Crippen LogP contribution < -0.4 is 20.9 Å². The summed E-state index contributed by atoms with van der Waals surface area (Å²) in [6.45, 7) is 5.54. The first kappa shape index (κ1) is 23.5. The molecule has 1 amide bonds. The fourth-order valence-electron chi connectivity index (χ4n) is 3.25. The zero-order valence-corrected chi connectivity index (χ0v) is 20.1. The second-order valence-corrected chi connectivity index (χ2v) is 7.94. The Kier molecular flexibility index (Phi) is 9.72. The smallest absolute Gasteiger partial charge is 0.261 e. The number of benzene rings is 1. The van der Waals surface area contributed by atoms with Crippen molar-refractivity contribution >= 4 is 52.9 Å². The van der Waals surface area contributed by atoms with Gasteiger partial charge >= 0.3 is 0 Å². The SMILES string of the molecule is CN=C(NCCCNC(=O)c1cccs1)NC1CCN(c2ccc(C)cc2)C1.I. The molecule has 1 aromatic carbocycles. The minimum Gasteiger partial charge on any atom is -0.369 e. The Morgan fingerprint density at radius 2 is 1.97 bits per heavy atom. The standard InChI is InChI=1S/C21H29N5OS.HI/c1-16-6-8-18(9-7-16)26-13-10-17(15-26)25-21(22-2)24-12-4-11-23-20(27)19-5-3-14-28-19;/h3,5-9,14,17H,4,10-13,15H2,1-2H3,(H,23,27)(H2,22,24,25);1H. The Labute approximate surface area is 194 Å². The molecule has 1 unspecified atom stereocenters. The minimum atomic E-state index is -0.000315. The van der Waals surface area contributed by atoms with Gasteiger partial charge in [-0.05, 0) is 43.3 Å². The molecule has 8 heteroatoms. The summed E-state index contributed by atoms with van der Waals surface area (Å²) in [6.07, 6.45) is 1.93. The van der Waals surface area contributed by atoms with Crippen molar-refractivity contribution in [3.8, 4) is 0 Å². The first-order valence-corrected chi connectivity index (χ1v) is 10.6. The number of halogens is 1. The molecule has 1 atom stereocenters. The first-order valence-electron chi connectivity index (χ1n) is 9.76. The number of carbonyl (C=O) groups excluding carboxylic acids is 1. The van der Waals surface area contributed by atoms with Gasteiger partial charge in [-0.15, -0.1) is 35.3 Å². The van der Waals surface area contributed by atoms with Gasteiger partial charge in [0.05, 0.1) is 4.88 Å². The summed E-state index contributed by atoms with van der Waals surface area (Å²) >= 11 is 1.46. The summed E-state index contributed by atoms with van der Waals surface area (Å²) in [6, 6.07) is 12.8. The predicted molar refractivity (Wildman–Crippen MR) is 133 cm³/mol. The molecule has 0 aliphatic carbocycles. The van der Waals surface area contributed by atoms with E-state index in [1.807, 2.05) is 17.5 Å². The summed E-state index contributed by atoms with van der Waals surface area (Å²) in [5.41, 5.74) is 2.56. The number of nitrogens with one attached hydrogen (secondary N) is 3. The molecule has 0 spiro atoms. The van der Waals surface area contributed by atoms with Crippen LogP contribution in [0.3, 0.4) is 0 Å². The molecular weight excluding hydrogens is 497 g/mol.